The van der Waals surface area contributed by atoms with Crippen LogP contribution in [0.15, 0.2) is 101 Å². The normalized spacial score (nSPS) is 11.2. The minimum atomic E-state index is -0.525. The van der Waals surface area contributed by atoms with E-state index in [1.807, 2.05) is 60.7 Å². The highest BCUT2D eigenvalue weighted by Gasteiger charge is 2.19. The molecule has 2 aromatic heterocycles. The van der Waals surface area contributed by atoms with E-state index < -0.39 is 17.1 Å². The van der Waals surface area contributed by atoms with Gasteiger partial charge in [0.15, 0.2) is 11.2 Å². The maximum absolute atomic E-state index is 13.5. The predicted molar refractivity (Wildman–Crippen MR) is 121 cm³/mol. The Morgan fingerprint density at radius 2 is 1.34 bits per heavy atom. The molecule has 0 radical (unpaired) electrons. The Morgan fingerprint density at radius 1 is 0.750 bits per heavy atom. The van der Waals surface area contributed by atoms with Crippen LogP contribution in [0.4, 0.5) is 4.39 Å². The number of benzene rings is 3. The van der Waals surface area contributed by atoms with Crippen molar-refractivity contribution in [3.05, 3.63) is 129 Å². The molecule has 0 unspecified atom stereocenters. The van der Waals surface area contributed by atoms with Crippen molar-refractivity contribution in [3.63, 3.8) is 0 Å². The lowest BCUT2D eigenvalue weighted by atomic mass is 10.2. The van der Waals surface area contributed by atoms with Crippen LogP contribution in [0.3, 0.4) is 0 Å². The van der Waals surface area contributed by atoms with Crippen LogP contribution in [0.2, 0.25) is 0 Å². The molecule has 3 aromatic carbocycles. The molecular formula is C25H19FN4O2. The van der Waals surface area contributed by atoms with Crippen LogP contribution in [0.5, 0.6) is 0 Å². The van der Waals surface area contributed by atoms with Crippen molar-refractivity contribution in [1.29, 1.82) is 0 Å². The molecule has 0 saturated carbocycles. The topological polar surface area (TPSA) is 61.8 Å². The highest BCUT2D eigenvalue weighted by atomic mass is 19.1. The van der Waals surface area contributed by atoms with Crippen molar-refractivity contribution in [3.8, 4) is 5.69 Å². The van der Waals surface area contributed by atoms with Crippen LogP contribution in [-0.4, -0.2) is 18.7 Å². The molecule has 6 nitrogen and oxygen atoms in total. The van der Waals surface area contributed by atoms with Crippen LogP contribution in [0.25, 0.3) is 16.9 Å². The Bertz CT molecular complexity index is 1500. The second-order valence-electron chi connectivity index (χ2n) is 7.50. The molecule has 2 heterocycles. The number of fused-ring (bicyclic) bond motifs is 1. The average molecular weight is 426 g/mol. The maximum atomic E-state index is 13.5. The number of imidazole rings is 1. The summed E-state index contributed by atoms with van der Waals surface area (Å²) >= 11 is 0. The molecule has 0 aliphatic heterocycles. The lowest BCUT2D eigenvalue weighted by Gasteiger charge is -2.13. The van der Waals surface area contributed by atoms with Gasteiger partial charge in [-0.2, -0.15) is 0 Å². The molecule has 0 bridgehead atoms. The summed E-state index contributed by atoms with van der Waals surface area (Å²) in [5, 5.41) is 0. The summed E-state index contributed by atoms with van der Waals surface area (Å²) in [5.41, 5.74) is 1.88. The molecule has 32 heavy (non-hydrogen) atoms. The molecule has 0 N–H and O–H groups in total. The van der Waals surface area contributed by atoms with Gasteiger partial charge in [-0.25, -0.2) is 18.7 Å². The maximum Gasteiger partial charge on any atom is 0.337 e. The van der Waals surface area contributed by atoms with Crippen LogP contribution < -0.4 is 11.2 Å². The van der Waals surface area contributed by atoms with E-state index in [1.54, 1.807) is 10.9 Å². The van der Waals surface area contributed by atoms with E-state index in [1.165, 1.54) is 33.4 Å². The smallest absolute Gasteiger partial charge is 0.320 e. The molecule has 0 aliphatic rings. The number of hydrogen-bond acceptors (Lipinski definition) is 3. The first-order chi connectivity index (χ1) is 15.6. The van der Waals surface area contributed by atoms with Gasteiger partial charge < -0.3 is 4.57 Å². The van der Waals surface area contributed by atoms with Gasteiger partial charge in [0.05, 0.1) is 18.6 Å². The van der Waals surface area contributed by atoms with E-state index in [0.29, 0.717) is 17.7 Å². The SMILES string of the molecule is O=c1c2c(ncn2Cc2ccccc2)n(-c2ccc(F)cc2)c(=O)n1Cc1ccccc1. The molecule has 0 spiro atoms. The summed E-state index contributed by atoms with van der Waals surface area (Å²) in [6.07, 6.45) is 1.56. The Kier molecular flexibility index (Phi) is 4.99. The molecule has 5 aromatic rings. The Hall–Kier alpha value is -4.26. The third-order valence-corrected chi connectivity index (χ3v) is 5.36. The fourth-order valence-corrected chi connectivity index (χ4v) is 3.81. The summed E-state index contributed by atoms with van der Waals surface area (Å²) in [4.78, 5) is 31.3. The summed E-state index contributed by atoms with van der Waals surface area (Å²) in [6.45, 7) is 0.547. The van der Waals surface area contributed by atoms with Gasteiger partial charge in [0.25, 0.3) is 5.56 Å². The minimum Gasteiger partial charge on any atom is -0.320 e. The third-order valence-electron chi connectivity index (χ3n) is 5.36. The summed E-state index contributed by atoms with van der Waals surface area (Å²) in [6, 6.07) is 24.6. The van der Waals surface area contributed by atoms with Crippen molar-refractivity contribution in [2.24, 2.45) is 0 Å². The summed E-state index contributed by atoms with van der Waals surface area (Å²) in [5.74, 6) is -0.412. The monoisotopic (exact) mass is 426 g/mol. The summed E-state index contributed by atoms with van der Waals surface area (Å²) in [7, 11) is 0. The largest absolute Gasteiger partial charge is 0.337 e. The number of hydrogen-bond donors (Lipinski definition) is 0. The Labute approximate surface area is 182 Å². The van der Waals surface area contributed by atoms with Gasteiger partial charge in [0.1, 0.15) is 5.82 Å². The Balaban J connectivity index is 1.77. The van der Waals surface area contributed by atoms with Crippen LogP contribution in [0, 0.1) is 5.82 Å². The second kappa shape index (κ2) is 8.11. The third kappa shape index (κ3) is 3.54. The molecule has 0 fully saturated rings. The van der Waals surface area contributed by atoms with Crippen LogP contribution >= 0.6 is 0 Å². The first kappa shape index (κ1) is 19.7. The predicted octanol–water partition coefficient (Wildman–Crippen LogP) is 3.58. The van der Waals surface area contributed by atoms with E-state index in [-0.39, 0.29) is 12.2 Å². The fraction of sp³-hybridized carbons (Fsp3) is 0.0800. The molecule has 7 heteroatoms. The number of halogens is 1. The zero-order valence-electron chi connectivity index (χ0n) is 17.1. The lowest BCUT2D eigenvalue weighted by Crippen LogP contribution is -2.40. The van der Waals surface area contributed by atoms with Gasteiger partial charge in [-0.1, -0.05) is 60.7 Å². The van der Waals surface area contributed by atoms with Crippen LogP contribution in [0.1, 0.15) is 11.1 Å². The van der Waals surface area contributed by atoms with Gasteiger partial charge in [0, 0.05) is 6.54 Å². The van der Waals surface area contributed by atoms with E-state index >= 15 is 0 Å². The average Bonchev–Trinajstić information content (AvgIpc) is 3.22. The molecule has 0 atom stereocenters. The first-order valence-electron chi connectivity index (χ1n) is 10.2. The molecular weight excluding hydrogens is 407 g/mol. The minimum absolute atomic E-state index is 0.117. The second-order valence-corrected chi connectivity index (χ2v) is 7.50. The Morgan fingerprint density at radius 3 is 1.97 bits per heavy atom. The quantitative estimate of drug-likeness (QED) is 0.432. The van der Waals surface area contributed by atoms with Crippen molar-refractivity contribution in [2.75, 3.05) is 0 Å². The van der Waals surface area contributed by atoms with Gasteiger partial charge in [-0.15, -0.1) is 0 Å². The van der Waals surface area contributed by atoms with Gasteiger partial charge in [-0.05, 0) is 35.4 Å². The number of nitrogens with zero attached hydrogens (tertiary/aromatic N) is 4. The highest BCUT2D eigenvalue weighted by molar-refractivity contribution is 5.72. The first-order valence-corrected chi connectivity index (χ1v) is 10.2. The van der Waals surface area contributed by atoms with E-state index in [2.05, 4.69) is 4.98 Å². The standard InChI is InChI=1S/C25H19FN4O2/c26-20-11-13-21(14-12-20)30-23-22(28(17-27-23)15-18-7-3-1-4-8-18)24(31)29(25(30)32)16-19-9-5-2-6-10-19/h1-14,17H,15-16H2. The molecule has 5 rings (SSSR count). The van der Waals surface area contributed by atoms with E-state index in [9.17, 15) is 14.0 Å². The lowest BCUT2D eigenvalue weighted by molar-refractivity contribution is 0.626. The van der Waals surface area contributed by atoms with E-state index in [4.69, 9.17) is 0 Å². The van der Waals surface area contributed by atoms with Crippen molar-refractivity contribution in [1.82, 2.24) is 18.7 Å². The molecule has 0 amide bonds. The fourth-order valence-electron chi connectivity index (χ4n) is 3.81. The van der Waals surface area contributed by atoms with Gasteiger partial charge in [-0.3, -0.25) is 9.36 Å². The van der Waals surface area contributed by atoms with Crippen molar-refractivity contribution >= 4 is 11.2 Å². The number of aromatic nitrogens is 4. The zero-order valence-corrected chi connectivity index (χ0v) is 17.1. The van der Waals surface area contributed by atoms with Crippen molar-refractivity contribution < 1.29 is 4.39 Å². The zero-order chi connectivity index (χ0) is 22.1. The van der Waals surface area contributed by atoms with Crippen molar-refractivity contribution in [2.45, 2.75) is 13.1 Å². The molecule has 0 aliphatic carbocycles. The van der Waals surface area contributed by atoms with Gasteiger partial charge >= 0.3 is 5.69 Å². The summed E-state index contributed by atoms with van der Waals surface area (Å²) < 4.78 is 17.8. The number of rotatable bonds is 5. The van der Waals surface area contributed by atoms with Gasteiger partial charge in [0.2, 0.25) is 0 Å². The molecule has 158 valence electrons. The highest BCUT2D eigenvalue weighted by Crippen LogP contribution is 2.15. The molecule has 0 saturated heterocycles. The van der Waals surface area contributed by atoms with E-state index in [0.717, 1.165) is 11.1 Å². The van der Waals surface area contributed by atoms with Crippen LogP contribution in [-0.2, 0) is 13.1 Å².